The van der Waals surface area contributed by atoms with Crippen molar-refractivity contribution in [2.75, 3.05) is 45.9 Å². The van der Waals surface area contributed by atoms with E-state index < -0.39 is 35.3 Å². The van der Waals surface area contributed by atoms with Gasteiger partial charge in [-0.1, -0.05) is 19.1 Å². The fourth-order valence-corrected chi connectivity index (χ4v) is 6.53. The Kier molecular flexibility index (Phi) is 8.33. The van der Waals surface area contributed by atoms with E-state index in [-0.39, 0.29) is 19.2 Å². The van der Waals surface area contributed by atoms with E-state index in [1.54, 1.807) is 44.0 Å². The van der Waals surface area contributed by atoms with E-state index >= 15 is 0 Å². The van der Waals surface area contributed by atoms with E-state index in [1.807, 2.05) is 17.2 Å². The van der Waals surface area contributed by atoms with Crippen molar-refractivity contribution in [1.29, 1.82) is 0 Å². The average Bonchev–Trinajstić information content (AvgIpc) is 3.56. The van der Waals surface area contributed by atoms with Crippen molar-refractivity contribution in [3.05, 3.63) is 63.0 Å². The molecule has 2 saturated heterocycles. The van der Waals surface area contributed by atoms with Gasteiger partial charge in [0, 0.05) is 56.5 Å². The van der Waals surface area contributed by atoms with Crippen molar-refractivity contribution in [2.24, 2.45) is 10.9 Å². The standard InChI is InChI=1S/C29H35FN6O5S/c1-5-41-27(39)22-21(14-34-10-11-36-28(40)35(13-17(2)26(37)38)16-29(36,4)15-34)32-24(25-31-9-12-42-25)33-23(22)19-7-6-8-20(30)18(19)3/h6-9,12,17,23H,5,10-11,13-16H2,1-4H3,(H,32,33)(H,37,38). The number of urea groups is 1. The molecule has 0 radical (unpaired) electrons. The first-order valence-electron chi connectivity index (χ1n) is 13.9. The van der Waals surface area contributed by atoms with Crippen LogP contribution in [0.3, 0.4) is 0 Å². The highest BCUT2D eigenvalue weighted by Gasteiger charge is 2.50. The van der Waals surface area contributed by atoms with E-state index in [1.165, 1.54) is 17.4 Å². The van der Waals surface area contributed by atoms with E-state index in [0.29, 0.717) is 66.0 Å². The summed E-state index contributed by atoms with van der Waals surface area (Å²) in [5.74, 6) is -2.06. The van der Waals surface area contributed by atoms with Crippen LogP contribution < -0.4 is 5.32 Å². The molecule has 0 bridgehead atoms. The Morgan fingerprint density at radius 2 is 2.10 bits per heavy atom. The minimum atomic E-state index is -0.943. The lowest BCUT2D eigenvalue weighted by Gasteiger charge is -2.44. The number of nitrogens with zero attached hydrogens (tertiary/aromatic N) is 5. The lowest BCUT2D eigenvalue weighted by Crippen LogP contribution is -2.60. The Bertz CT molecular complexity index is 1450. The van der Waals surface area contributed by atoms with Gasteiger partial charge in [-0.25, -0.2) is 19.0 Å². The number of aliphatic carboxylic acids is 1. The molecule has 11 nitrogen and oxygen atoms in total. The number of aromatic nitrogens is 1. The predicted molar refractivity (Wildman–Crippen MR) is 155 cm³/mol. The zero-order valence-corrected chi connectivity index (χ0v) is 24.9. The van der Waals surface area contributed by atoms with Crippen molar-refractivity contribution < 1.29 is 28.6 Å². The van der Waals surface area contributed by atoms with Crippen LogP contribution in [0.2, 0.25) is 0 Å². The molecule has 0 saturated carbocycles. The normalized spacial score (nSPS) is 23.4. The minimum absolute atomic E-state index is 0.141. The molecule has 0 aliphatic carbocycles. The van der Waals surface area contributed by atoms with Gasteiger partial charge in [0.1, 0.15) is 11.9 Å². The molecular formula is C29H35FN6O5S. The number of carboxylic acids is 1. The quantitative estimate of drug-likeness (QED) is 0.422. The predicted octanol–water partition coefficient (Wildman–Crippen LogP) is 3.03. The maximum Gasteiger partial charge on any atom is 0.338 e. The average molecular weight is 599 g/mol. The highest BCUT2D eigenvalue weighted by Crippen LogP contribution is 2.36. The number of hydrogen-bond acceptors (Lipinski definition) is 9. The molecule has 13 heteroatoms. The number of nitrogens with one attached hydrogen (secondary N) is 1. The molecular weight excluding hydrogens is 563 g/mol. The summed E-state index contributed by atoms with van der Waals surface area (Å²) >= 11 is 1.40. The summed E-state index contributed by atoms with van der Waals surface area (Å²) in [4.78, 5) is 52.9. The number of carbonyl (C=O) groups excluding carboxylic acids is 2. The van der Waals surface area contributed by atoms with E-state index in [2.05, 4.69) is 15.2 Å². The zero-order valence-electron chi connectivity index (χ0n) is 24.1. The van der Waals surface area contributed by atoms with Gasteiger partial charge in [-0.05, 0) is 38.0 Å². The van der Waals surface area contributed by atoms with Crippen LogP contribution >= 0.6 is 11.3 Å². The Morgan fingerprint density at radius 3 is 2.79 bits per heavy atom. The topological polar surface area (TPSA) is 128 Å². The van der Waals surface area contributed by atoms with Crippen LogP contribution in [0.15, 0.2) is 46.0 Å². The van der Waals surface area contributed by atoms with E-state index in [4.69, 9.17) is 9.73 Å². The number of amides is 2. The van der Waals surface area contributed by atoms with E-state index in [0.717, 1.165) is 0 Å². The van der Waals surface area contributed by atoms with Crippen LogP contribution in [0, 0.1) is 18.7 Å². The van der Waals surface area contributed by atoms with Crippen LogP contribution in [0.5, 0.6) is 0 Å². The van der Waals surface area contributed by atoms with Crippen LogP contribution in [0.25, 0.3) is 0 Å². The highest BCUT2D eigenvalue weighted by molar-refractivity contribution is 7.11. The first kappa shape index (κ1) is 29.6. The van der Waals surface area contributed by atoms with Crippen molar-refractivity contribution in [2.45, 2.75) is 39.3 Å². The number of carboxylic acid groups (broad SMARTS) is 1. The summed E-state index contributed by atoms with van der Waals surface area (Å²) in [7, 11) is 0. The molecule has 3 aliphatic heterocycles. The lowest BCUT2D eigenvalue weighted by atomic mass is 9.91. The molecule has 3 atom stereocenters. The van der Waals surface area contributed by atoms with Crippen LogP contribution in [0.1, 0.15) is 42.9 Å². The number of esters is 1. The summed E-state index contributed by atoms with van der Waals surface area (Å²) < 4.78 is 20.2. The molecule has 2 fully saturated rings. The maximum atomic E-state index is 14.7. The monoisotopic (exact) mass is 598 g/mol. The third kappa shape index (κ3) is 5.62. The number of piperazine rings is 1. The molecule has 224 valence electrons. The van der Waals surface area contributed by atoms with Gasteiger partial charge in [-0.2, -0.15) is 0 Å². The van der Waals surface area contributed by atoms with Gasteiger partial charge in [0.25, 0.3) is 0 Å². The van der Waals surface area contributed by atoms with Crippen molar-refractivity contribution in [3.63, 3.8) is 0 Å². The second-order valence-corrected chi connectivity index (χ2v) is 12.1. The van der Waals surface area contributed by atoms with Gasteiger partial charge < -0.3 is 25.0 Å². The SMILES string of the molecule is CCOC(=O)C1=C(CN2CCN3C(=O)N(CC(C)C(=O)O)CC3(C)C2)NC(c2nccs2)=NC1c1cccc(F)c1C. The molecule has 3 unspecified atom stereocenters. The number of fused-ring (bicyclic) bond motifs is 1. The van der Waals surface area contributed by atoms with Crippen molar-refractivity contribution in [3.8, 4) is 0 Å². The Hall–Kier alpha value is -3.84. The third-order valence-corrected chi connectivity index (χ3v) is 8.83. The Morgan fingerprint density at radius 1 is 1.31 bits per heavy atom. The van der Waals surface area contributed by atoms with Gasteiger partial charge in [-0.15, -0.1) is 11.3 Å². The van der Waals surface area contributed by atoms with Crippen LogP contribution in [-0.4, -0.2) is 100 Å². The number of ether oxygens (including phenoxy) is 1. The molecule has 4 heterocycles. The number of amidine groups is 1. The lowest BCUT2D eigenvalue weighted by molar-refractivity contribution is -0.141. The molecule has 0 spiro atoms. The largest absolute Gasteiger partial charge is 0.481 e. The number of hydrogen-bond donors (Lipinski definition) is 2. The summed E-state index contributed by atoms with van der Waals surface area (Å²) in [6.07, 6.45) is 1.67. The van der Waals surface area contributed by atoms with Gasteiger partial charge in [0.2, 0.25) is 0 Å². The van der Waals surface area contributed by atoms with Crippen LogP contribution in [0.4, 0.5) is 9.18 Å². The fraction of sp³-hybridized carbons (Fsp3) is 0.483. The van der Waals surface area contributed by atoms with E-state index in [9.17, 15) is 23.9 Å². The van der Waals surface area contributed by atoms with Gasteiger partial charge in [0.05, 0.1) is 23.6 Å². The minimum Gasteiger partial charge on any atom is -0.481 e. The second kappa shape index (κ2) is 11.8. The number of halogens is 1. The van der Waals surface area contributed by atoms with Crippen LogP contribution in [-0.2, 0) is 14.3 Å². The number of carbonyl (C=O) groups is 3. The Balaban J connectivity index is 1.48. The number of rotatable bonds is 9. The van der Waals surface area contributed by atoms with Gasteiger partial charge in [0.15, 0.2) is 10.8 Å². The van der Waals surface area contributed by atoms with Crippen molar-refractivity contribution >= 4 is 35.1 Å². The zero-order chi connectivity index (χ0) is 30.2. The van der Waals surface area contributed by atoms with Gasteiger partial charge >= 0.3 is 18.0 Å². The summed E-state index contributed by atoms with van der Waals surface area (Å²) in [5.41, 5.74) is 1.30. The third-order valence-electron chi connectivity index (χ3n) is 8.05. The summed E-state index contributed by atoms with van der Waals surface area (Å²) in [6.45, 7) is 9.52. The Labute approximate surface area is 247 Å². The molecule has 2 aromatic rings. The molecule has 5 rings (SSSR count). The molecule has 1 aromatic heterocycles. The number of thiazole rings is 1. The first-order valence-corrected chi connectivity index (χ1v) is 14.8. The molecule has 2 N–H and O–H groups in total. The smallest absolute Gasteiger partial charge is 0.338 e. The maximum absolute atomic E-state index is 14.7. The van der Waals surface area contributed by atoms with Crippen molar-refractivity contribution in [1.82, 2.24) is 25.0 Å². The summed E-state index contributed by atoms with van der Waals surface area (Å²) in [5, 5.41) is 15.2. The second-order valence-electron chi connectivity index (χ2n) is 11.2. The fourth-order valence-electron chi connectivity index (χ4n) is 5.94. The first-order chi connectivity index (χ1) is 20.0. The molecule has 2 amide bonds. The highest BCUT2D eigenvalue weighted by atomic mass is 32.1. The molecule has 1 aromatic carbocycles. The van der Waals surface area contributed by atoms with Gasteiger partial charge in [-0.3, -0.25) is 14.7 Å². The number of aliphatic imine (C=N–C) groups is 1. The molecule has 42 heavy (non-hydrogen) atoms. The number of benzene rings is 1. The summed E-state index contributed by atoms with van der Waals surface area (Å²) in [6, 6.07) is 3.78. The molecule has 3 aliphatic rings.